The van der Waals surface area contributed by atoms with Gasteiger partial charge < -0.3 is 14.0 Å². The van der Waals surface area contributed by atoms with Crippen LogP contribution in [-0.4, -0.2) is 26.9 Å². The summed E-state index contributed by atoms with van der Waals surface area (Å²) in [7, 11) is 0. The molecule has 4 rings (SSSR count). The molecule has 3 aromatic rings. The first-order chi connectivity index (χ1) is 10.9. The van der Waals surface area contributed by atoms with Crippen LogP contribution >= 0.6 is 0 Å². The third-order valence-corrected chi connectivity index (χ3v) is 3.31. The fourth-order valence-corrected chi connectivity index (χ4v) is 2.20. The number of aromatic nitrogens is 4. The smallest absolute Gasteiger partial charge is 0.231 e. The Bertz CT molecular complexity index is 788. The fourth-order valence-electron chi connectivity index (χ4n) is 2.20. The van der Waals surface area contributed by atoms with E-state index >= 15 is 0 Å². The Hall–Kier alpha value is -2.96. The van der Waals surface area contributed by atoms with Crippen molar-refractivity contribution in [2.24, 2.45) is 0 Å². The number of aryl methyl sites for hydroxylation is 2. The van der Waals surface area contributed by atoms with E-state index in [0.29, 0.717) is 30.3 Å². The van der Waals surface area contributed by atoms with Crippen molar-refractivity contribution >= 4 is 0 Å². The largest absolute Gasteiger partial charge is 0.454 e. The molecule has 0 N–H and O–H groups in total. The van der Waals surface area contributed by atoms with Crippen LogP contribution in [0.3, 0.4) is 0 Å². The normalized spacial score (nSPS) is 12.5. The van der Waals surface area contributed by atoms with Crippen molar-refractivity contribution in [2.45, 2.75) is 12.8 Å². The molecule has 3 heterocycles. The number of benzene rings is 1. The summed E-state index contributed by atoms with van der Waals surface area (Å²) in [5, 5.41) is 4.01. The van der Waals surface area contributed by atoms with E-state index in [1.54, 1.807) is 18.6 Å². The van der Waals surface area contributed by atoms with Gasteiger partial charge in [0.25, 0.3) is 0 Å². The molecule has 0 atom stereocenters. The van der Waals surface area contributed by atoms with Gasteiger partial charge in [0.15, 0.2) is 11.5 Å². The first-order valence-electron chi connectivity index (χ1n) is 6.86. The topological polar surface area (TPSA) is 83.2 Å². The summed E-state index contributed by atoms with van der Waals surface area (Å²) >= 11 is 0. The van der Waals surface area contributed by atoms with Gasteiger partial charge in [0.05, 0.1) is 5.69 Å². The highest BCUT2D eigenvalue weighted by atomic mass is 16.7. The van der Waals surface area contributed by atoms with Crippen molar-refractivity contribution in [1.29, 1.82) is 0 Å². The molecule has 0 radical (unpaired) electrons. The van der Waals surface area contributed by atoms with Crippen LogP contribution in [0.2, 0.25) is 0 Å². The molecule has 1 aliphatic rings. The van der Waals surface area contributed by atoms with E-state index in [1.165, 1.54) is 0 Å². The van der Waals surface area contributed by atoms with Crippen LogP contribution in [0.25, 0.3) is 11.4 Å². The average Bonchev–Trinajstić information content (AvgIpc) is 3.22. The SMILES string of the molecule is c1cnc(CCc2nc(-c3ccc4c(c3)OCO4)no2)cn1. The lowest BCUT2D eigenvalue weighted by molar-refractivity contribution is 0.174. The van der Waals surface area contributed by atoms with Gasteiger partial charge in [0, 0.05) is 30.6 Å². The van der Waals surface area contributed by atoms with Crippen LogP contribution in [0.15, 0.2) is 41.3 Å². The van der Waals surface area contributed by atoms with Gasteiger partial charge >= 0.3 is 0 Å². The summed E-state index contributed by atoms with van der Waals surface area (Å²) in [6.07, 6.45) is 6.37. The monoisotopic (exact) mass is 296 g/mol. The number of fused-ring (bicyclic) bond motifs is 1. The lowest BCUT2D eigenvalue weighted by Crippen LogP contribution is -1.95. The van der Waals surface area contributed by atoms with Crippen LogP contribution in [0.4, 0.5) is 0 Å². The van der Waals surface area contributed by atoms with Crippen molar-refractivity contribution in [3.8, 4) is 22.9 Å². The zero-order chi connectivity index (χ0) is 14.8. The first kappa shape index (κ1) is 12.8. The van der Waals surface area contributed by atoms with Crippen molar-refractivity contribution in [1.82, 2.24) is 20.1 Å². The molecule has 1 aliphatic heterocycles. The van der Waals surface area contributed by atoms with E-state index in [-0.39, 0.29) is 6.79 Å². The summed E-state index contributed by atoms with van der Waals surface area (Å²) in [6.45, 7) is 0.244. The molecule has 0 bridgehead atoms. The molecular formula is C15H12N4O3. The summed E-state index contributed by atoms with van der Waals surface area (Å²) < 4.78 is 15.9. The Kier molecular flexibility index (Phi) is 3.15. The Labute approximate surface area is 125 Å². The van der Waals surface area contributed by atoms with Crippen molar-refractivity contribution in [2.75, 3.05) is 6.79 Å². The molecule has 1 aromatic carbocycles. The van der Waals surface area contributed by atoms with Crippen LogP contribution < -0.4 is 9.47 Å². The van der Waals surface area contributed by atoms with Crippen LogP contribution in [0.1, 0.15) is 11.6 Å². The third kappa shape index (κ3) is 2.48. The average molecular weight is 296 g/mol. The highest BCUT2D eigenvalue weighted by Crippen LogP contribution is 2.35. The molecule has 110 valence electrons. The minimum Gasteiger partial charge on any atom is -0.454 e. The van der Waals surface area contributed by atoms with E-state index in [0.717, 1.165) is 17.0 Å². The highest BCUT2D eigenvalue weighted by molar-refractivity contribution is 5.61. The maximum absolute atomic E-state index is 5.35. The van der Waals surface area contributed by atoms with Crippen LogP contribution in [-0.2, 0) is 12.8 Å². The second kappa shape index (κ2) is 5.44. The van der Waals surface area contributed by atoms with Gasteiger partial charge in [-0.2, -0.15) is 4.98 Å². The Morgan fingerprint density at radius 3 is 2.91 bits per heavy atom. The van der Waals surface area contributed by atoms with E-state index in [4.69, 9.17) is 14.0 Å². The van der Waals surface area contributed by atoms with Crippen molar-refractivity contribution < 1.29 is 14.0 Å². The molecular weight excluding hydrogens is 284 g/mol. The second-order valence-electron chi connectivity index (χ2n) is 4.78. The van der Waals surface area contributed by atoms with Gasteiger partial charge in [-0.05, 0) is 24.6 Å². The van der Waals surface area contributed by atoms with E-state index in [1.807, 2.05) is 18.2 Å². The highest BCUT2D eigenvalue weighted by Gasteiger charge is 2.16. The molecule has 0 spiro atoms. The molecule has 7 nitrogen and oxygen atoms in total. The number of hydrogen-bond acceptors (Lipinski definition) is 7. The fraction of sp³-hybridized carbons (Fsp3) is 0.200. The van der Waals surface area contributed by atoms with Gasteiger partial charge in [-0.15, -0.1) is 0 Å². The first-order valence-corrected chi connectivity index (χ1v) is 6.86. The van der Waals surface area contributed by atoms with Gasteiger partial charge in [0.1, 0.15) is 0 Å². The summed E-state index contributed by atoms with van der Waals surface area (Å²) in [4.78, 5) is 12.6. The van der Waals surface area contributed by atoms with Gasteiger partial charge in [0.2, 0.25) is 18.5 Å². The van der Waals surface area contributed by atoms with Crippen molar-refractivity contribution in [3.63, 3.8) is 0 Å². The molecule has 0 aliphatic carbocycles. The van der Waals surface area contributed by atoms with Crippen molar-refractivity contribution in [3.05, 3.63) is 48.4 Å². The number of rotatable bonds is 4. The molecule has 0 unspecified atom stereocenters. The summed E-state index contributed by atoms with van der Waals surface area (Å²) in [5.74, 6) is 2.53. The van der Waals surface area contributed by atoms with E-state index < -0.39 is 0 Å². The lowest BCUT2D eigenvalue weighted by atomic mass is 10.2. The maximum atomic E-state index is 5.35. The minimum atomic E-state index is 0.244. The predicted octanol–water partition coefficient (Wildman–Crippen LogP) is 2.04. The molecule has 2 aromatic heterocycles. The second-order valence-corrected chi connectivity index (χ2v) is 4.78. The molecule has 7 heteroatoms. The van der Waals surface area contributed by atoms with Crippen LogP contribution in [0.5, 0.6) is 11.5 Å². The number of hydrogen-bond donors (Lipinski definition) is 0. The summed E-state index contributed by atoms with van der Waals surface area (Å²) in [6, 6.07) is 5.57. The third-order valence-electron chi connectivity index (χ3n) is 3.31. The van der Waals surface area contributed by atoms with Gasteiger partial charge in [-0.25, -0.2) is 0 Å². The van der Waals surface area contributed by atoms with E-state index in [2.05, 4.69) is 20.1 Å². The number of nitrogens with zero attached hydrogens (tertiary/aromatic N) is 4. The standard InChI is InChI=1S/C15H12N4O3/c1-3-12-13(21-9-20-12)7-10(1)15-18-14(22-19-15)4-2-11-8-16-5-6-17-11/h1,3,5-8H,2,4,9H2. The molecule has 0 amide bonds. The quantitative estimate of drug-likeness (QED) is 0.728. The zero-order valence-corrected chi connectivity index (χ0v) is 11.6. The Balaban J connectivity index is 1.49. The molecule has 0 fully saturated rings. The van der Waals surface area contributed by atoms with Gasteiger partial charge in [-0.3, -0.25) is 9.97 Å². The minimum absolute atomic E-state index is 0.244. The van der Waals surface area contributed by atoms with E-state index in [9.17, 15) is 0 Å². The molecule has 0 saturated heterocycles. The Morgan fingerprint density at radius 2 is 2.00 bits per heavy atom. The predicted molar refractivity (Wildman–Crippen MR) is 75.3 cm³/mol. The summed E-state index contributed by atoms with van der Waals surface area (Å²) in [5.41, 5.74) is 1.73. The van der Waals surface area contributed by atoms with Crippen LogP contribution in [0, 0.1) is 0 Å². The Morgan fingerprint density at radius 1 is 1.05 bits per heavy atom. The zero-order valence-electron chi connectivity index (χ0n) is 11.6. The van der Waals surface area contributed by atoms with Gasteiger partial charge in [-0.1, -0.05) is 5.16 Å². The molecule has 0 saturated carbocycles. The number of ether oxygens (including phenoxy) is 2. The maximum Gasteiger partial charge on any atom is 0.231 e. The molecule has 22 heavy (non-hydrogen) atoms. The lowest BCUT2D eigenvalue weighted by Gasteiger charge is -1.97.